The Morgan fingerprint density at radius 1 is 1.14 bits per heavy atom. The van der Waals surface area contributed by atoms with Crippen LogP contribution < -0.4 is 11.0 Å². The summed E-state index contributed by atoms with van der Waals surface area (Å²) in [6.45, 7) is 3.36. The first kappa shape index (κ1) is 19.7. The molecule has 0 saturated carbocycles. The highest BCUT2D eigenvalue weighted by atomic mass is 127. The van der Waals surface area contributed by atoms with Gasteiger partial charge in [0.05, 0.1) is 17.0 Å². The molecule has 0 bridgehead atoms. The number of amides is 1. The van der Waals surface area contributed by atoms with Crippen LogP contribution in [0.2, 0.25) is 0 Å². The molecule has 1 aromatic heterocycles. The van der Waals surface area contributed by atoms with Crippen LogP contribution in [0.25, 0.3) is 5.69 Å². The summed E-state index contributed by atoms with van der Waals surface area (Å²) in [5, 5.41) is 25.8. The first-order valence-electron chi connectivity index (χ1n) is 8.22. The van der Waals surface area contributed by atoms with E-state index in [0.717, 1.165) is 9.64 Å². The molecule has 9 heteroatoms. The van der Waals surface area contributed by atoms with Gasteiger partial charge in [0, 0.05) is 14.8 Å². The molecule has 0 atom stereocenters. The number of benzene rings is 2. The van der Waals surface area contributed by atoms with Crippen molar-refractivity contribution >= 4 is 34.2 Å². The minimum Gasteiger partial charge on any atom is -0.504 e. The molecule has 1 heterocycles. The SMILES string of the molecule is C/C(=N\NC(=O)c1ccc(O)c(O)c1)c1c(C)[nH]n(-c2ccc(I)cc2)c1=O. The molecule has 3 aromatic rings. The molecular weight excluding hydrogens is 475 g/mol. The number of aryl methyl sites for hydroxylation is 1. The van der Waals surface area contributed by atoms with Gasteiger partial charge < -0.3 is 10.2 Å². The second-order valence-electron chi connectivity index (χ2n) is 6.07. The van der Waals surface area contributed by atoms with Gasteiger partial charge in [-0.05, 0) is 78.9 Å². The highest BCUT2D eigenvalue weighted by Gasteiger charge is 2.16. The molecule has 1 amide bonds. The number of phenols is 2. The Morgan fingerprint density at radius 2 is 1.82 bits per heavy atom. The number of hydrogen-bond donors (Lipinski definition) is 4. The maximum atomic E-state index is 12.8. The third kappa shape index (κ3) is 3.93. The van der Waals surface area contributed by atoms with Gasteiger partial charge in [-0.25, -0.2) is 10.1 Å². The Kier molecular flexibility index (Phi) is 5.54. The molecule has 0 radical (unpaired) electrons. The van der Waals surface area contributed by atoms with E-state index in [1.807, 2.05) is 24.3 Å². The lowest BCUT2D eigenvalue weighted by Gasteiger charge is -2.03. The fourth-order valence-corrected chi connectivity index (χ4v) is 3.02. The first-order chi connectivity index (χ1) is 13.3. The Labute approximate surface area is 173 Å². The summed E-state index contributed by atoms with van der Waals surface area (Å²) in [7, 11) is 0. The minimum atomic E-state index is -0.583. The average molecular weight is 492 g/mol. The van der Waals surface area contributed by atoms with Crippen LogP contribution in [0, 0.1) is 10.5 Å². The summed E-state index contributed by atoms with van der Waals surface area (Å²) in [6.07, 6.45) is 0. The smallest absolute Gasteiger partial charge is 0.280 e. The Balaban J connectivity index is 1.86. The lowest BCUT2D eigenvalue weighted by atomic mass is 10.2. The quantitative estimate of drug-likeness (QED) is 0.194. The minimum absolute atomic E-state index is 0.119. The van der Waals surface area contributed by atoms with Gasteiger partial charge in [-0.15, -0.1) is 0 Å². The van der Waals surface area contributed by atoms with Gasteiger partial charge in [-0.3, -0.25) is 14.7 Å². The Morgan fingerprint density at radius 3 is 2.46 bits per heavy atom. The van der Waals surface area contributed by atoms with Crippen LogP contribution in [0.15, 0.2) is 52.4 Å². The first-order valence-corrected chi connectivity index (χ1v) is 9.30. The second kappa shape index (κ2) is 7.89. The van der Waals surface area contributed by atoms with Crippen LogP contribution in [-0.4, -0.2) is 31.6 Å². The van der Waals surface area contributed by atoms with E-state index in [1.165, 1.54) is 16.8 Å². The van der Waals surface area contributed by atoms with Crippen molar-refractivity contribution < 1.29 is 15.0 Å². The normalized spacial score (nSPS) is 11.5. The Hall–Kier alpha value is -3.08. The van der Waals surface area contributed by atoms with Crippen molar-refractivity contribution in [2.24, 2.45) is 5.10 Å². The van der Waals surface area contributed by atoms with Gasteiger partial charge in [-0.1, -0.05) is 0 Å². The van der Waals surface area contributed by atoms with Crippen molar-refractivity contribution in [3.63, 3.8) is 0 Å². The summed E-state index contributed by atoms with van der Waals surface area (Å²) >= 11 is 2.19. The lowest BCUT2D eigenvalue weighted by molar-refractivity contribution is 0.0954. The zero-order valence-electron chi connectivity index (χ0n) is 15.0. The van der Waals surface area contributed by atoms with Crippen molar-refractivity contribution in [3.8, 4) is 17.2 Å². The van der Waals surface area contributed by atoms with E-state index in [0.29, 0.717) is 22.7 Å². The monoisotopic (exact) mass is 492 g/mol. The van der Waals surface area contributed by atoms with Crippen molar-refractivity contribution in [3.05, 3.63) is 73.2 Å². The molecule has 0 fully saturated rings. The van der Waals surface area contributed by atoms with Gasteiger partial charge in [0.15, 0.2) is 11.5 Å². The number of hydrogen-bond acceptors (Lipinski definition) is 5. The number of carbonyl (C=O) groups excluding carboxylic acids is 1. The third-order valence-corrected chi connectivity index (χ3v) is 4.80. The molecule has 0 unspecified atom stereocenters. The van der Waals surface area contributed by atoms with Crippen molar-refractivity contribution in [1.29, 1.82) is 0 Å². The van der Waals surface area contributed by atoms with Gasteiger partial charge in [0.2, 0.25) is 0 Å². The highest BCUT2D eigenvalue weighted by molar-refractivity contribution is 14.1. The molecular formula is C19H17IN4O4. The van der Waals surface area contributed by atoms with Gasteiger partial charge in [0.25, 0.3) is 11.5 Å². The van der Waals surface area contributed by atoms with Gasteiger partial charge in [0.1, 0.15) is 0 Å². The lowest BCUT2D eigenvalue weighted by Crippen LogP contribution is -2.23. The molecule has 0 aliphatic rings. The van der Waals surface area contributed by atoms with Gasteiger partial charge >= 0.3 is 0 Å². The van der Waals surface area contributed by atoms with Gasteiger partial charge in [-0.2, -0.15) is 5.10 Å². The van der Waals surface area contributed by atoms with Crippen molar-refractivity contribution in [2.45, 2.75) is 13.8 Å². The molecule has 0 spiro atoms. The number of hydrazone groups is 1. The maximum absolute atomic E-state index is 12.8. The Bertz CT molecular complexity index is 1130. The van der Waals surface area contributed by atoms with Crippen LogP contribution in [-0.2, 0) is 0 Å². The standard InChI is InChI=1S/C19H17IN4O4/c1-10(21-22-18(27)12-3-8-15(25)16(26)9-12)17-11(2)23-24(19(17)28)14-6-4-13(20)5-7-14/h3-9,23,25-26H,1-2H3,(H,22,27)/b21-10+. The highest BCUT2D eigenvalue weighted by Crippen LogP contribution is 2.24. The van der Waals surface area contributed by atoms with Crippen LogP contribution >= 0.6 is 22.6 Å². The average Bonchev–Trinajstić information content (AvgIpc) is 2.96. The summed E-state index contributed by atoms with van der Waals surface area (Å²) < 4.78 is 2.47. The number of nitrogens with zero attached hydrogens (tertiary/aromatic N) is 2. The number of nitrogens with one attached hydrogen (secondary N) is 2. The molecule has 0 aliphatic heterocycles. The van der Waals surface area contributed by atoms with E-state index in [9.17, 15) is 19.8 Å². The van der Waals surface area contributed by atoms with E-state index in [-0.39, 0.29) is 16.9 Å². The number of phenolic OH excluding ortho intramolecular Hbond substituents is 2. The molecule has 28 heavy (non-hydrogen) atoms. The number of halogens is 1. The van der Waals surface area contributed by atoms with Crippen LogP contribution in [0.5, 0.6) is 11.5 Å². The predicted octanol–water partition coefficient (Wildman–Crippen LogP) is 2.64. The van der Waals surface area contributed by atoms with Crippen LogP contribution in [0.4, 0.5) is 0 Å². The summed E-state index contributed by atoms with van der Waals surface area (Å²) in [5.74, 6) is -1.31. The van der Waals surface area contributed by atoms with Crippen molar-refractivity contribution in [1.82, 2.24) is 15.2 Å². The summed E-state index contributed by atoms with van der Waals surface area (Å²) in [6, 6.07) is 11.1. The number of aromatic hydroxyl groups is 2. The topological polar surface area (TPSA) is 120 Å². The number of rotatable bonds is 4. The second-order valence-corrected chi connectivity index (χ2v) is 7.32. The van der Waals surface area contributed by atoms with Crippen LogP contribution in [0.1, 0.15) is 28.5 Å². The molecule has 2 aromatic carbocycles. The molecule has 8 nitrogen and oxygen atoms in total. The zero-order valence-corrected chi connectivity index (χ0v) is 17.2. The number of aromatic nitrogens is 2. The molecule has 144 valence electrons. The third-order valence-electron chi connectivity index (χ3n) is 4.08. The fraction of sp³-hybridized carbons (Fsp3) is 0.105. The summed E-state index contributed by atoms with van der Waals surface area (Å²) in [5.41, 5.74) is 4.18. The fourth-order valence-electron chi connectivity index (χ4n) is 2.66. The number of carbonyl (C=O) groups is 1. The number of aromatic amines is 1. The van der Waals surface area contributed by atoms with E-state index >= 15 is 0 Å². The summed E-state index contributed by atoms with van der Waals surface area (Å²) in [4.78, 5) is 25.0. The molecule has 0 aliphatic carbocycles. The maximum Gasteiger partial charge on any atom is 0.280 e. The molecule has 3 rings (SSSR count). The van der Waals surface area contributed by atoms with E-state index in [4.69, 9.17) is 0 Å². The van der Waals surface area contributed by atoms with E-state index in [2.05, 4.69) is 38.2 Å². The largest absolute Gasteiger partial charge is 0.504 e. The zero-order chi connectivity index (χ0) is 20.4. The molecule has 4 N–H and O–H groups in total. The van der Waals surface area contributed by atoms with Crippen molar-refractivity contribution in [2.75, 3.05) is 0 Å². The van der Waals surface area contributed by atoms with E-state index < -0.39 is 11.7 Å². The number of H-pyrrole nitrogens is 1. The van der Waals surface area contributed by atoms with Crippen LogP contribution in [0.3, 0.4) is 0 Å². The predicted molar refractivity (Wildman–Crippen MR) is 113 cm³/mol. The van der Waals surface area contributed by atoms with E-state index in [1.54, 1.807) is 13.8 Å². The molecule has 0 saturated heterocycles.